The summed E-state index contributed by atoms with van der Waals surface area (Å²) in [6.07, 6.45) is 1.54. The van der Waals surface area contributed by atoms with Gasteiger partial charge in [-0.3, -0.25) is 4.79 Å². The fourth-order valence-electron chi connectivity index (χ4n) is 3.00. The standard InChI is InChI=1S/C19H13N3O5/c1-10-17-12(8-13(14-3-2-6-24-14)21-19(17)27-22-10)18(23)20-11-4-5-15-16(7-11)26-9-25-15/h2-8H,9H2,1H3,(H,20,23). The van der Waals surface area contributed by atoms with E-state index in [-0.39, 0.29) is 18.4 Å². The van der Waals surface area contributed by atoms with Crippen LogP contribution in [0.3, 0.4) is 0 Å². The average Bonchev–Trinajstić information content (AvgIpc) is 3.41. The van der Waals surface area contributed by atoms with Crippen molar-refractivity contribution < 1.29 is 23.2 Å². The number of rotatable bonds is 3. The Morgan fingerprint density at radius 3 is 2.89 bits per heavy atom. The highest BCUT2D eigenvalue weighted by Gasteiger charge is 2.21. The summed E-state index contributed by atoms with van der Waals surface area (Å²) >= 11 is 0. The van der Waals surface area contributed by atoms with E-state index in [9.17, 15) is 4.79 Å². The van der Waals surface area contributed by atoms with E-state index in [1.54, 1.807) is 49.6 Å². The number of hydrogen-bond donors (Lipinski definition) is 1. The summed E-state index contributed by atoms with van der Waals surface area (Å²) in [5, 5.41) is 7.36. The minimum atomic E-state index is -0.319. The molecule has 27 heavy (non-hydrogen) atoms. The van der Waals surface area contributed by atoms with Crippen LogP contribution in [0.5, 0.6) is 11.5 Å². The number of carbonyl (C=O) groups is 1. The van der Waals surface area contributed by atoms with Gasteiger partial charge in [0.25, 0.3) is 11.6 Å². The highest BCUT2D eigenvalue weighted by Crippen LogP contribution is 2.35. The van der Waals surface area contributed by atoms with Gasteiger partial charge in [0.2, 0.25) is 6.79 Å². The molecule has 0 atom stereocenters. The molecule has 0 spiro atoms. The van der Waals surface area contributed by atoms with E-state index in [1.807, 2.05) is 0 Å². The minimum Gasteiger partial charge on any atom is -0.463 e. The van der Waals surface area contributed by atoms with Crippen LogP contribution in [0.25, 0.3) is 22.6 Å². The van der Waals surface area contributed by atoms with Gasteiger partial charge in [0.1, 0.15) is 5.69 Å². The van der Waals surface area contributed by atoms with Gasteiger partial charge in [-0.25, -0.2) is 4.98 Å². The monoisotopic (exact) mass is 363 g/mol. The summed E-state index contributed by atoms with van der Waals surface area (Å²) in [7, 11) is 0. The lowest BCUT2D eigenvalue weighted by Crippen LogP contribution is -2.13. The van der Waals surface area contributed by atoms with Crippen LogP contribution in [-0.2, 0) is 0 Å². The molecule has 0 saturated heterocycles. The van der Waals surface area contributed by atoms with E-state index in [0.29, 0.717) is 45.3 Å². The first-order valence-electron chi connectivity index (χ1n) is 8.21. The number of nitrogens with one attached hydrogen (secondary N) is 1. The van der Waals surface area contributed by atoms with Gasteiger partial charge in [-0.1, -0.05) is 5.16 Å². The normalized spacial score (nSPS) is 12.5. The summed E-state index contributed by atoms with van der Waals surface area (Å²) < 4.78 is 21.3. The Labute approximate surface area is 152 Å². The van der Waals surface area contributed by atoms with Crippen LogP contribution in [0.15, 0.2) is 51.6 Å². The predicted octanol–water partition coefficient (Wildman–Crippen LogP) is 3.77. The molecule has 3 aromatic heterocycles. The molecule has 5 rings (SSSR count). The zero-order chi connectivity index (χ0) is 18.4. The maximum Gasteiger partial charge on any atom is 0.259 e. The van der Waals surface area contributed by atoms with E-state index < -0.39 is 0 Å². The zero-order valence-electron chi connectivity index (χ0n) is 14.2. The van der Waals surface area contributed by atoms with Crippen LogP contribution in [0.4, 0.5) is 5.69 Å². The topological polar surface area (TPSA) is 99.6 Å². The lowest BCUT2D eigenvalue weighted by atomic mass is 10.1. The number of furan rings is 1. The number of pyridine rings is 1. The Bertz CT molecular complexity index is 1160. The van der Waals surface area contributed by atoms with Crippen molar-refractivity contribution in [3.05, 3.63) is 53.9 Å². The Morgan fingerprint density at radius 1 is 1.15 bits per heavy atom. The summed E-state index contributed by atoms with van der Waals surface area (Å²) in [6, 6.07) is 10.4. The minimum absolute atomic E-state index is 0.171. The molecule has 1 aromatic carbocycles. The van der Waals surface area contributed by atoms with Crippen LogP contribution in [0.1, 0.15) is 16.1 Å². The molecule has 1 N–H and O–H groups in total. The van der Waals surface area contributed by atoms with Gasteiger partial charge in [-0.05, 0) is 37.3 Å². The molecular weight excluding hydrogens is 350 g/mol. The van der Waals surface area contributed by atoms with Gasteiger partial charge in [-0.2, -0.15) is 0 Å². The summed E-state index contributed by atoms with van der Waals surface area (Å²) in [4.78, 5) is 17.4. The first-order chi connectivity index (χ1) is 13.2. The van der Waals surface area contributed by atoms with Crippen molar-refractivity contribution in [3.63, 3.8) is 0 Å². The molecule has 0 radical (unpaired) electrons. The van der Waals surface area contributed by atoms with E-state index in [4.69, 9.17) is 18.4 Å². The summed E-state index contributed by atoms with van der Waals surface area (Å²) in [5.41, 5.74) is 2.32. The molecule has 0 fully saturated rings. The molecule has 1 amide bonds. The fraction of sp³-hybridized carbons (Fsp3) is 0.105. The Morgan fingerprint density at radius 2 is 2.04 bits per heavy atom. The lowest BCUT2D eigenvalue weighted by Gasteiger charge is -2.08. The van der Waals surface area contributed by atoms with Crippen molar-refractivity contribution >= 4 is 22.7 Å². The van der Waals surface area contributed by atoms with Gasteiger partial charge in [0.15, 0.2) is 17.3 Å². The van der Waals surface area contributed by atoms with Crippen molar-refractivity contribution in [2.45, 2.75) is 6.92 Å². The average molecular weight is 363 g/mol. The van der Waals surface area contributed by atoms with Gasteiger partial charge >= 0.3 is 0 Å². The molecule has 8 nitrogen and oxygen atoms in total. The van der Waals surface area contributed by atoms with Crippen molar-refractivity contribution in [1.82, 2.24) is 10.1 Å². The largest absolute Gasteiger partial charge is 0.463 e. The third kappa shape index (κ3) is 2.58. The second-order valence-electron chi connectivity index (χ2n) is 6.00. The van der Waals surface area contributed by atoms with Crippen LogP contribution >= 0.6 is 0 Å². The molecule has 1 aliphatic rings. The highest BCUT2D eigenvalue weighted by molar-refractivity contribution is 6.13. The number of nitrogens with zero attached hydrogens (tertiary/aromatic N) is 2. The van der Waals surface area contributed by atoms with Crippen molar-refractivity contribution in [1.29, 1.82) is 0 Å². The third-order valence-electron chi connectivity index (χ3n) is 4.27. The molecule has 4 heterocycles. The fourth-order valence-corrected chi connectivity index (χ4v) is 3.00. The van der Waals surface area contributed by atoms with Gasteiger partial charge in [0.05, 0.1) is 22.9 Å². The number of ether oxygens (including phenoxy) is 2. The summed E-state index contributed by atoms with van der Waals surface area (Å²) in [5.74, 6) is 1.45. The Balaban J connectivity index is 1.56. The van der Waals surface area contributed by atoms with Gasteiger partial charge in [0, 0.05) is 11.8 Å². The van der Waals surface area contributed by atoms with Crippen LogP contribution < -0.4 is 14.8 Å². The van der Waals surface area contributed by atoms with E-state index in [0.717, 1.165) is 0 Å². The number of aromatic nitrogens is 2. The molecule has 0 bridgehead atoms. The Kier molecular flexibility index (Phi) is 3.36. The van der Waals surface area contributed by atoms with Crippen LogP contribution in [-0.4, -0.2) is 22.8 Å². The van der Waals surface area contributed by atoms with Gasteiger partial charge in [-0.15, -0.1) is 0 Å². The Hall–Kier alpha value is -3.81. The van der Waals surface area contributed by atoms with Crippen molar-refractivity contribution in [2.24, 2.45) is 0 Å². The molecule has 1 aliphatic heterocycles. The van der Waals surface area contributed by atoms with Crippen molar-refractivity contribution in [2.75, 3.05) is 12.1 Å². The number of hydrogen-bond acceptors (Lipinski definition) is 7. The molecule has 0 saturated carbocycles. The third-order valence-corrected chi connectivity index (χ3v) is 4.27. The second-order valence-corrected chi connectivity index (χ2v) is 6.00. The maximum absolute atomic E-state index is 13.0. The molecule has 0 unspecified atom stereocenters. The quantitative estimate of drug-likeness (QED) is 0.591. The number of anilines is 1. The molecule has 134 valence electrons. The molecule has 4 aromatic rings. The zero-order valence-corrected chi connectivity index (χ0v) is 14.2. The highest BCUT2D eigenvalue weighted by atomic mass is 16.7. The van der Waals surface area contributed by atoms with E-state index in [2.05, 4.69) is 15.5 Å². The number of carbonyl (C=O) groups excluding carboxylic acids is 1. The SMILES string of the molecule is Cc1noc2nc(-c3ccco3)cc(C(=O)Nc3ccc4c(c3)OCO4)c12. The van der Waals surface area contributed by atoms with Crippen molar-refractivity contribution in [3.8, 4) is 23.0 Å². The molecule has 0 aliphatic carbocycles. The number of amides is 1. The lowest BCUT2D eigenvalue weighted by molar-refractivity contribution is 0.102. The predicted molar refractivity (Wildman–Crippen MR) is 94.8 cm³/mol. The first kappa shape index (κ1) is 15.4. The van der Waals surface area contributed by atoms with E-state index >= 15 is 0 Å². The van der Waals surface area contributed by atoms with Crippen LogP contribution in [0.2, 0.25) is 0 Å². The molecular formula is C19H13N3O5. The maximum atomic E-state index is 13.0. The first-order valence-corrected chi connectivity index (χ1v) is 8.21. The smallest absolute Gasteiger partial charge is 0.259 e. The van der Waals surface area contributed by atoms with Gasteiger partial charge < -0.3 is 23.7 Å². The number of benzene rings is 1. The second kappa shape index (κ2) is 5.87. The van der Waals surface area contributed by atoms with Crippen LogP contribution in [0, 0.1) is 6.92 Å². The van der Waals surface area contributed by atoms with E-state index in [1.165, 1.54) is 0 Å². The summed E-state index contributed by atoms with van der Waals surface area (Å²) in [6.45, 7) is 1.93. The number of aryl methyl sites for hydroxylation is 1. The molecule has 8 heteroatoms. The number of fused-ring (bicyclic) bond motifs is 2.